The molecule has 0 aliphatic carbocycles. The van der Waals surface area contributed by atoms with Gasteiger partial charge in [-0.15, -0.1) is 11.4 Å². The van der Waals surface area contributed by atoms with E-state index < -0.39 is 11.4 Å². The van der Waals surface area contributed by atoms with Crippen LogP contribution in [-0.2, 0) is 33.7 Å². The molecule has 0 N–H and O–H groups in total. The van der Waals surface area contributed by atoms with Crippen molar-refractivity contribution in [1.82, 2.24) is 0 Å². The van der Waals surface area contributed by atoms with Gasteiger partial charge in [0.15, 0.2) is 0 Å². The molecule has 0 radical (unpaired) electrons. The molecule has 0 atom stereocenters. The van der Waals surface area contributed by atoms with Crippen molar-refractivity contribution in [3.63, 3.8) is 0 Å². The first-order valence-electron chi connectivity index (χ1n) is 0.500. The van der Waals surface area contributed by atoms with Crippen molar-refractivity contribution < 1.29 is 87.1 Å². The van der Waals surface area contributed by atoms with Crippen LogP contribution in [0.3, 0.4) is 0 Å². The fourth-order valence-corrected chi connectivity index (χ4v) is 0. The SMILES string of the molecule is O=S([O-])[O-].[Ag+].[K+]. The minimum atomic E-state index is -3.11. The van der Waals surface area contributed by atoms with Crippen molar-refractivity contribution in [2.24, 2.45) is 0 Å². The van der Waals surface area contributed by atoms with Crippen molar-refractivity contribution in [2.45, 2.75) is 0 Å². The van der Waals surface area contributed by atoms with Gasteiger partial charge in [0.2, 0.25) is 0 Å². The molecule has 36 valence electrons. The predicted octanol–water partition coefficient (Wildman–Crippen LogP) is -4.00. The van der Waals surface area contributed by atoms with Crippen LogP contribution in [0.1, 0.15) is 0 Å². The molecular weight excluding hydrogens is 227 g/mol. The van der Waals surface area contributed by atoms with E-state index in [2.05, 4.69) is 0 Å². The molecule has 3 nitrogen and oxygen atoms in total. The van der Waals surface area contributed by atoms with Gasteiger partial charge >= 0.3 is 73.8 Å². The molecule has 0 amide bonds. The van der Waals surface area contributed by atoms with Gasteiger partial charge in [-0.25, -0.2) is 0 Å². The Balaban J connectivity index is -0.0000000450. The van der Waals surface area contributed by atoms with Crippen LogP contribution in [0.4, 0.5) is 0 Å². The van der Waals surface area contributed by atoms with Crippen LogP contribution in [0.5, 0.6) is 0 Å². The van der Waals surface area contributed by atoms with E-state index >= 15 is 0 Å². The third kappa shape index (κ3) is 31.9. The fraction of sp³-hybridized carbons (Fsp3) is 0. The summed E-state index contributed by atoms with van der Waals surface area (Å²) >= 11 is -3.11. The molecule has 0 unspecified atom stereocenters. The molecule has 0 spiro atoms. The maximum Gasteiger partial charge on any atom is 1.00 e. The summed E-state index contributed by atoms with van der Waals surface area (Å²) in [6.45, 7) is 0. The Hall–Kier alpha value is 2.45. The van der Waals surface area contributed by atoms with E-state index in [-0.39, 0.29) is 73.8 Å². The molecule has 0 aromatic carbocycles. The summed E-state index contributed by atoms with van der Waals surface area (Å²) in [6, 6.07) is 0. The van der Waals surface area contributed by atoms with Crippen LogP contribution in [0.2, 0.25) is 0 Å². The maximum absolute atomic E-state index is 8.44. The van der Waals surface area contributed by atoms with Crippen LogP contribution in [-0.4, -0.2) is 13.3 Å². The third-order valence-electron chi connectivity index (χ3n) is 0. The molecule has 6 heteroatoms. The number of rotatable bonds is 0. The largest absolute Gasteiger partial charge is 1.00 e. The van der Waals surface area contributed by atoms with Gasteiger partial charge in [-0.2, -0.15) is 0 Å². The van der Waals surface area contributed by atoms with E-state index in [0.29, 0.717) is 0 Å². The first-order chi connectivity index (χ1) is 1.73. The Kier molecular flexibility index (Phi) is 27.5. The topological polar surface area (TPSA) is 63.2 Å². The first-order valence-corrected chi connectivity index (χ1v) is 1.50. The molecule has 0 saturated heterocycles. The Morgan fingerprint density at radius 1 is 1.33 bits per heavy atom. The summed E-state index contributed by atoms with van der Waals surface area (Å²) in [6.07, 6.45) is 0. The Morgan fingerprint density at radius 3 is 1.33 bits per heavy atom. The quantitative estimate of drug-likeness (QED) is 0.313. The van der Waals surface area contributed by atoms with E-state index in [1.54, 1.807) is 0 Å². The molecule has 0 fully saturated rings. The van der Waals surface area contributed by atoms with Gasteiger partial charge in [0.25, 0.3) is 0 Å². The van der Waals surface area contributed by atoms with Crippen LogP contribution in [0.25, 0.3) is 0 Å². The van der Waals surface area contributed by atoms with Crippen molar-refractivity contribution in [1.29, 1.82) is 0 Å². The minimum Gasteiger partial charge on any atom is -0.784 e. The van der Waals surface area contributed by atoms with Gasteiger partial charge in [-0.3, -0.25) is 4.21 Å². The van der Waals surface area contributed by atoms with Gasteiger partial charge < -0.3 is 9.11 Å². The van der Waals surface area contributed by atoms with E-state index in [4.69, 9.17) is 13.3 Å². The monoisotopic (exact) mass is 226 g/mol. The molecule has 0 aromatic heterocycles. The van der Waals surface area contributed by atoms with Crippen LogP contribution < -0.4 is 51.4 Å². The zero-order chi connectivity index (χ0) is 3.58. The molecule has 0 aliphatic rings. The second-order valence-corrected chi connectivity index (χ2v) is 0.612. The Labute approximate surface area is 96.3 Å². The summed E-state index contributed by atoms with van der Waals surface area (Å²) in [4.78, 5) is 0. The van der Waals surface area contributed by atoms with E-state index in [0.717, 1.165) is 0 Å². The first kappa shape index (κ1) is 15.8. The standard InChI is InChI=1S/Ag.K.H2O3S/c;;1-4(2)3/h;;(H2,1,2,3)/q2*+1;/p-2. The summed E-state index contributed by atoms with van der Waals surface area (Å²) < 4.78 is 25.3. The van der Waals surface area contributed by atoms with Crippen molar-refractivity contribution in [3.05, 3.63) is 0 Å². The molecular formula is AgKO3S. The zero-order valence-electron chi connectivity index (χ0n) is 2.93. The van der Waals surface area contributed by atoms with Crippen molar-refractivity contribution in [2.75, 3.05) is 0 Å². The van der Waals surface area contributed by atoms with E-state index in [9.17, 15) is 0 Å². The average molecular weight is 227 g/mol. The van der Waals surface area contributed by atoms with Gasteiger partial charge in [0.1, 0.15) is 0 Å². The van der Waals surface area contributed by atoms with Gasteiger partial charge in [-0.1, -0.05) is 0 Å². The summed E-state index contributed by atoms with van der Waals surface area (Å²) in [5, 5.41) is 0. The van der Waals surface area contributed by atoms with Gasteiger partial charge in [0.05, 0.1) is 0 Å². The second-order valence-electron chi connectivity index (χ2n) is 0.204. The smallest absolute Gasteiger partial charge is 0.784 e. The summed E-state index contributed by atoms with van der Waals surface area (Å²) in [5.41, 5.74) is 0. The van der Waals surface area contributed by atoms with E-state index in [1.165, 1.54) is 0 Å². The van der Waals surface area contributed by atoms with Crippen LogP contribution in [0, 0.1) is 0 Å². The average Bonchev–Trinajstić information content (AvgIpc) is 0.811. The Morgan fingerprint density at radius 2 is 1.33 bits per heavy atom. The third-order valence-corrected chi connectivity index (χ3v) is 0. The normalized spacial score (nSPS) is 5.83. The fourth-order valence-electron chi connectivity index (χ4n) is 0. The number of hydrogen-bond donors (Lipinski definition) is 0. The zero-order valence-corrected chi connectivity index (χ0v) is 8.36. The molecule has 0 bridgehead atoms. The molecule has 0 rings (SSSR count). The van der Waals surface area contributed by atoms with Crippen LogP contribution in [0.15, 0.2) is 0 Å². The van der Waals surface area contributed by atoms with Crippen LogP contribution >= 0.6 is 0 Å². The molecule has 0 aromatic rings. The second kappa shape index (κ2) is 10.4. The summed E-state index contributed by atoms with van der Waals surface area (Å²) in [7, 11) is 0. The van der Waals surface area contributed by atoms with Crippen molar-refractivity contribution >= 4 is 11.4 Å². The predicted molar refractivity (Wildman–Crippen MR) is 9.70 cm³/mol. The van der Waals surface area contributed by atoms with Gasteiger partial charge in [-0.05, 0) is 0 Å². The Bertz CT molecular complexity index is 33.8. The van der Waals surface area contributed by atoms with Crippen molar-refractivity contribution in [3.8, 4) is 0 Å². The molecule has 6 heavy (non-hydrogen) atoms. The molecule has 0 saturated carbocycles. The van der Waals surface area contributed by atoms with Gasteiger partial charge in [0, 0.05) is 0 Å². The number of hydrogen-bond acceptors (Lipinski definition) is 3. The molecule has 0 heterocycles. The molecule has 0 aliphatic heterocycles. The minimum absolute atomic E-state index is 0. The summed E-state index contributed by atoms with van der Waals surface area (Å²) in [5.74, 6) is 0. The maximum atomic E-state index is 8.44. The van der Waals surface area contributed by atoms with E-state index in [1.807, 2.05) is 0 Å².